The van der Waals surface area contributed by atoms with Crippen LogP contribution in [0.1, 0.15) is 11.3 Å². The van der Waals surface area contributed by atoms with E-state index in [1.165, 1.54) is 0 Å². The number of pyridine rings is 2. The number of methoxy groups -OCH3 is 1. The molecule has 3 aromatic heterocycles. The molecule has 3 heterocycles. The Morgan fingerprint density at radius 3 is 2.69 bits per heavy atom. The first-order valence-corrected chi connectivity index (χ1v) is 12.3. The van der Waals surface area contributed by atoms with Crippen molar-refractivity contribution in [2.45, 2.75) is 13.2 Å². The summed E-state index contributed by atoms with van der Waals surface area (Å²) < 4.78 is 18.1. The highest BCUT2D eigenvalue weighted by atomic mass is 16.7. The second kappa shape index (κ2) is 10.7. The molecule has 39 heavy (non-hydrogen) atoms. The lowest BCUT2D eigenvalue weighted by atomic mass is 10.1. The molecule has 194 valence electrons. The third-order valence-electron chi connectivity index (χ3n) is 6.21. The molecule has 0 aliphatic carbocycles. The van der Waals surface area contributed by atoms with E-state index in [2.05, 4.69) is 25.5 Å². The number of H-pyrrole nitrogens is 1. The van der Waals surface area contributed by atoms with Crippen LogP contribution in [0.5, 0.6) is 11.5 Å². The van der Waals surface area contributed by atoms with E-state index in [1.54, 1.807) is 30.0 Å². The number of rotatable bonds is 9. The molecule has 0 aliphatic rings. The van der Waals surface area contributed by atoms with Crippen LogP contribution in [0.15, 0.2) is 89.7 Å². The molecule has 0 saturated carbocycles. The minimum Gasteiger partial charge on any atom is -0.487 e. The van der Waals surface area contributed by atoms with Crippen LogP contribution in [-0.2, 0) is 17.9 Å². The predicted octanol–water partition coefficient (Wildman–Crippen LogP) is 4.34. The summed E-state index contributed by atoms with van der Waals surface area (Å²) in [5, 5.41) is 14.0. The first-order chi connectivity index (χ1) is 19.2. The largest absolute Gasteiger partial charge is 0.487 e. The van der Waals surface area contributed by atoms with Gasteiger partial charge in [0.1, 0.15) is 18.1 Å². The molecule has 6 rings (SSSR count). The van der Waals surface area contributed by atoms with Gasteiger partial charge in [0.25, 0.3) is 5.56 Å². The van der Waals surface area contributed by atoms with Gasteiger partial charge in [0.05, 0.1) is 23.3 Å². The number of hydrogen-bond acceptors (Lipinski definition) is 8. The maximum Gasteiger partial charge on any atom is 0.259 e. The van der Waals surface area contributed by atoms with Gasteiger partial charge in [-0.15, -0.1) is 5.10 Å². The van der Waals surface area contributed by atoms with E-state index in [-0.39, 0.29) is 12.4 Å². The Morgan fingerprint density at radius 2 is 1.77 bits per heavy atom. The number of fused-ring (bicyclic) bond motifs is 2. The normalized spacial score (nSPS) is 11.2. The van der Waals surface area contributed by atoms with Gasteiger partial charge in [-0.3, -0.25) is 4.79 Å². The molecular formula is C29H24N6O4. The lowest BCUT2D eigenvalue weighted by Crippen LogP contribution is -2.13. The van der Waals surface area contributed by atoms with Crippen molar-refractivity contribution in [2.75, 3.05) is 13.9 Å². The molecule has 0 aliphatic heterocycles. The topological polar surface area (TPSA) is 117 Å². The zero-order valence-electron chi connectivity index (χ0n) is 21.1. The number of aromatic amines is 1. The van der Waals surface area contributed by atoms with E-state index < -0.39 is 0 Å². The molecule has 0 saturated heterocycles. The zero-order chi connectivity index (χ0) is 26.6. The van der Waals surface area contributed by atoms with Gasteiger partial charge < -0.3 is 19.2 Å². The van der Waals surface area contributed by atoms with E-state index in [0.29, 0.717) is 41.6 Å². The number of nitrogens with zero attached hydrogens (tertiary/aromatic N) is 5. The summed E-state index contributed by atoms with van der Waals surface area (Å²) in [5.41, 5.74) is 3.43. The number of ether oxygens (including phenoxy) is 3. The number of aromatic nitrogens is 6. The molecule has 0 spiro atoms. The number of tetrazole rings is 1. The molecule has 0 radical (unpaired) electrons. The molecule has 6 aromatic rings. The van der Waals surface area contributed by atoms with Gasteiger partial charge in [0.15, 0.2) is 12.6 Å². The van der Waals surface area contributed by atoms with Crippen LogP contribution in [0.4, 0.5) is 0 Å². The highest BCUT2D eigenvalue weighted by molar-refractivity contribution is 5.83. The Morgan fingerprint density at radius 1 is 0.872 bits per heavy atom. The summed E-state index contributed by atoms with van der Waals surface area (Å²) in [7, 11) is 1.56. The van der Waals surface area contributed by atoms with Crippen LogP contribution in [0.2, 0.25) is 0 Å². The Balaban J connectivity index is 1.21. The highest BCUT2D eigenvalue weighted by Gasteiger charge is 2.15. The lowest BCUT2D eigenvalue weighted by molar-refractivity contribution is 0.0512. The average molecular weight is 521 g/mol. The number of para-hydroxylation sites is 1. The second-order valence-electron chi connectivity index (χ2n) is 8.90. The molecule has 10 heteroatoms. The number of nitrogens with one attached hydrogen (secondary N) is 1. The molecule has 0 atom stereocenters. The molecule has 0 unspecified atom stereocenters. The quantitative estimate of drug-likeness (QED) is 0.280. The Hall–Kier alpha value is -5.09. The fourth-order valence-electron chi connectivity index (χ4n) is 4.32. The van der Waals surface area contributed by atoms with Gasteiger partial charge in [0.2, 0.25) is 0 Å². The fourth-order valence-corrected chi connectivity index (χ4v) is 4.32. The summed E-state index contributed by atoms with van der Waals surface area (Å²) in [5.74, 6) is 1.68. The third-order valence-corrected chi connectivity index (χ3v) is 6.21. The van der Waals surface area contributed by atoms with E-state index in [0.717, 1.165) is 27.5 Å². The van der Waals surface area contributed by atoms with Crippen molar-refractivity contribution in [1.29, 1.82) is 0 Å². The maximum absolute atomic E-state index is 12.9. The van der Waals surface area contributed by atoms with Gasteiger partial charge in [-0.05, 0) is 64.5 Å². The van der Waals surface area contributed by atoms with Crippen LogP contribution < -0.4 is 15.0 Å². The van der Waals surface area contributed by atoms with Crippen LogP contribution >= 0.6 is 0 Å². The van der Waals surface area contributed by atoms with Crippen LogP contribution in [0.3, 0.4) is 0 Å². The summed E-state index contributed by atoms with van der Waals surface area (Å²) >= 11 is 0. The molecule has 0 fully saturated rings. The van der Waals surface area contributed by atoms with Crippen molar-refractivity contribution in [3.05, 3.63) is 107 Å². The summed E-state index contributed by atoms with van der Waals surface area (Å²) in [6.07, 6.45) is 0. The van der Waals surface area contributed by atoms with Crippen LogP contribution in [0.25, 0.3) is 33.2 Å². The maximum atomic E-state index is 12.9. The minimum absolute atomic E-state index is 0.126. The van der Waals surface area contributed by atoms with Crippen molar-refractivity contribution in [1.82, 2.24) is 30.2 Å². The Bertz CT molecular complexity index is 1830. The van der Waals surface area contributed by atoms with E-state index in [4.69, 9.17) is 14.2 Å². The highest BCUT2D eigenvalue weighted by Crippen LogP contribution is 2.23. The molecular weight excluding hydrogens is 496 g/mol. The Kier molecular flexibility index (Phi) is 6.67. The lowest BCUT2D eigenvalue weighted by Gasteiger charge is -2.10. The molecule has 0 bridgehead atoms. The van der Waals surface area contributed by atoms with Crippen LogP contribution in [0, 0.1) is 0 Å². The predicted molar refractivity (Wildman–Crippen MR) is 146 cm³/mol. The summed E-state index contributed by atoms with van der Waals surface area (Å²) in [6.45, 7) is 0.816. The average Bonchev–Trinajstić information content (AvgIpc) is 3.42. The Labute approximate surface area is 222 Å². The van der Waals surface area contributed by atoms with E-state index in [9.17, 15) is 4.79 Å². The standard InChI is InChI=1S/C29H24N6O4/c1-37-18-39-24-11-12-27-21(14-24)15-25(29(36)31-27)28-32-33-34-35(28)16-19-5-4-7-23(13-19)38-17-22-10-9-20-6-2-3-8-26(20)30-22/h2-15H,16-18H2,1H3,(H,31,36). The minimum atomic E-state index is -0.288. The first kappa shape index (κ1) is 24.3. The van der Waals surface area contributed by atoms with E-state index in [1.807, 2.05) is 66.7 Å². The summed E-state index contributed by atoms with van der Waals surface area (Å²) in [4.78, 5) is 20.5. The van der Waals surface area contributed by atoms with Gasteiger partial charge in [-0.2, -0.15) is 0 Å². The van der Waals surface area contributed by atoms with Crippen molar-refractivity contribution in [3.63, 3.8) is 0 Å². The third kappa shape index (κ3) is 5.32. The second-order valence-corrected chi connectivity index (χ2v) is 8.90. The number of benzene rings is 3. The monoisotopic (exact) mass is 520 g/mol. The van der Waals surface area contributed by atoms with Gasteiger partial charge in [-0.1, -0.05) is 36.4 Å². The van der Waals surface area contributed by atoms with E-state index >= 15 is 0 Å². The van der Waals surface area contributed by atoms with Gasteiger partial charge >= 0.3 is 0 Å². The van der Waals surface area contributed by atoms with Crippen molar-refractivity contribution in [2.24, 2.45) is 0 Å². The van der Waals surface area contributed by atoms with Crippen molar-refractivity contribution >= 4 is 21.8 Å². The molecule has 0 amide bonds. The molecule has 1 N–H and O–H groups in total. The fraction of sp³-hybridized carbons (Fsp3) is 0.138. The van der Waals surface area contributed by atoms with Gasteiger partial charge in [-0.25, -0.2) is 9.67 Å². The van der Waals surface area contributed by atoms with Crippen LogP contribution in [-0.4, -0.2) is 44.1 Å². The summed E-state index contributed by atoms with van der Waals surface area (Å²) in [6, 6.07) is 26.8. The van der Waals surface area contributed by atoms with Gasteiger partial charge in [0, 0.05) is 23.4 Å². The number of hydrogen-bond donors (Lipinski definition) is 1. The first-order valence-electron chi connectivity index (χ1n) is 12.3. The van der Waals surface area contributed by atoms with Crippen molar-refractivity contribution < 1.29 is 14.2 Å². The smallest absolute Gasteiger partial charge is 0.259 e. The molecule has 10 nitrogen and oxygen atoms in total. The molecule has 3 aromatic carbocycles. The van der Waals surface area contributed by atoms with Crippen molar-refractivity contribution in [3.8, 4) is 22.9 Å². The zero-order valence-corrected chi connectivity index (χ0v) is 21.1. The SMILES string of the molecule is COCOc1ccc2[nH]c(=O)c(-c3nnnn3Cc3cccc(OCc4ccc5ccccc5n4)c3)cc2c1.